The molecule has 0 saturated carbocycles. The molecule has 0 bridgehead atoms. The van der Waals surface area contributed by atoms with Crippen molar-refractivity contribution in [3.05, 3.63) is 108 Å². The van der Waals surface area contributed by atoms with Gasteiger partial charge in [-0.05, 0) is 47.5 Å². The topological polar surface area (TPSA) is 23.4 Å². The molecule has 0 amide bonds. The van der Waals surface area contributed by atoms with E-state index in [1.54, 1.807) is 7.11 Å². The highest BCUT2D eigenvalue weighted by Gasteiger charge is 2.06. The quantitative estimate of drug-likeness (QED) is 0.411. The Bertz CT molecular complexity index is 1020. The highest BCUT2D eigenvalue weighted by atomic mass is 16.5. The Morgan fingerprint density at radius 1 is 0.714 bits per heavy atom. The maximum atomic E-state index is 5.88. The fraction of sp³-hybridized carbons (Fsp3) is 0.120. The van der Waals surface area contributed by atoms with Gasteiger partial charge in [-0.2, -0.15) is 0 Å². The molecule has 3 nitrogen and oxygen atoms in total. The van der Waals surface area contributed by atoms with Crippen LogP contribution in [-0.4, -0.2) is 11.7 Å². The third-order valence-electron chi connectivity index (χ3n) is 4.72. The highest BCUT2D eigenvalue weighted by Crippen LogP contribution is 2.25. The van der Waals surface area contributed by atoms with Gasteiger partial charge in [0.25, 0.3) is 0 Å². The fourth-order valence-electron chi connectivity index (χ4n) is 3.23. The van der Waals surface area contributed by atoms with E-state index in [4.69, 9.17) is 9.47 Å². The third-order valence-corrected chi connectivity index (χ3v) is 4.72. The Balaban J connectivity index is 1.44. The van der Waals surface area contributed by atoms with Crippen molar-refractivity contribution in [1.82, 2.24) is 4.57 Å². The van der Waals surface area contributed by atoms with E-state index >= 15 is 0 Å². The molecule has 28 heavy (non-hydrogen) atoms. The zero-order valence-electron chi connectivity index (χ0n) is 15.9. The van der Waals surface area contributed by atoms with Gasteiger partial charge in [-0.15, -0.1) is 0 Å². The number of hydrogen-bond acceptors (Lipinski definition) is 2. The summed E-state index contributed by atoms with van der Waals surface area (Å²) in [5, 5.41) is 0. The SMILES string of the molecule is COc1cccc(-c2cccn2Cc2ccc(OCc3ccccc3)cc2)c1. The molecule has 0 radical (unpaired) electrons. The molecule has 4 rings (SSSR count). The first-order valence-corrected chi connectivity index (χ1v) is 9.37. The van der Waals surface area contributed by atoms with Crippen molar-refractivity contribution in [2.24, 2.45) is 0 Å². The van der Waals surface area contributed by atoms with E-state index in [0.717, 1.165) is 23.6 Å². The summed E-state index contributed by atoms with van der Waals surface area (Å²) < 4.78 is 13.5. The van der Waals surface area contributed by atoms with Crippen LogP contribution in [0.15, 0.2) is 97.2 Å². The van der Waals surface area contributed by atoms with E-state index in [-0.39, 0.29) is 0 Å². The smallest absolute Gasteiger partial charge is 0.119 e. The van der Waals surface area contributed by atoms with Gasteiger partial charge >= 0.3 is 0 Å². The minimum absolute atomic E-state index is 0.581. The van der Waals surface area contributed by atoms with Crippen LogP contribution in [0.3, 0.4) is 0 Å². The summed E-state index contributed by atoms with van der Waals surface area (Å²) in [4.78, 5) is 0. The van der Waals surface area contributed by atoms with E-state index in [9.17, 15) is 0 Å². The van der Waals surface area contributed by atoms with Gasteiger partial charge in [0.1, 0.15) is 18.1 Å². The van der Waals surface area contributed by atoms with Gasteiger partial charge in [0.2, 0.25) is 0 Å². The largest absolute Gasteiger partial charge is 0.497 e. The molecule has 0 unspecified atom stereocenters. The summed E-state index contributed by atoms with van der Waals surface area (Å²) in [5.74, 6) is 1.75. The summed E-state index contributed by atoms with van der Waals surface area (Å²) in [6.45, 7) is 1.39. The first kappa shape index (κ1) is 17.9. The highest BCUT2D eigenvalue weighted by molar-refractivity contribution is 5.62. The summed E-state index contributed by atoms with van der Waals surface area (Å²) in [6.07, 6.45) is 2.11. The molecular weight excluding hydrogens is 346 g/mol. The molecule has 3 aromatic carbocycles. The average Bonchev–Trinajstić information content (AvgIpc) is 3.22. The molecule has 1 aromatic heterocycles. The van der Waals surface area contributed by atoms with E-state index in [2.05, 4.69) is 59.3 Å². The van der Waals surface area contributed by atoms with Gasteiger partial charge in [0.05, 0.1) is 7.11 Å². The lowest BCUT2D eigenvalue weighted by Crippen LogP contribution is -2.01. The van der Waals surface area contributed by atoms with E-state index < -0.39 is 0 Å². The molecule has 4 aromatic rings. The molecule has 1 heterocycles. The standard InChI is InChI=1S/C25H23NO2/c1-27-24-10-5-9-22(17-24)25-11-6-16-26(25)18-20-12-14-23(15-13-20)28-19-21-7-3-2-4-8-21/h2-17H,18-19H2,1H3. The van der Waals surface area contributed by atoms with Gasteiger partial charge in [0, 0.05) is 24.0 Å². The van der Waals surface area contributed by atoms with Gasteiger partial charge in [-0.3, -0.25) is 0 Å². The number of aromatic nitrogens is 1. The van der Waals surface area contributed by atoms with Gasteiger partial charge in [-0.25, -0.2) is 0 Å². The second-order valence-corrected chi connectivity index (χ2v) is 6.67. The first-order valence-electron chi connectivity index (χ1n) is 9.37. The van der Waals surface area contributed by atoms with Crippen molar-refractivity contribution < 1.29 is 9.47 Å². The maximum Gasteiger partial charge on any atom is 0.119 e. The van der Waals surface area contributed by atoms with Crippen molar-refractivity contribution in [3.8, 4) is 22.8 Å². The molecule has 0 aliphatic heterocycles. The number of methoxy groups -OCH3 is 1. The monoisotopic (exact) mass is 369 g/mol. The zero-order valence-corrected chi connectivity index (χ0v) is 15.9. The van der Waals surface area contributed by atoms with Gasteiger partial charge in [-0.1, -0.05) is 54.6 Å². The van der Waals surface area contributed by atoms with E-state index in [1.807, 2.05) is 42.5 Å². The van der Waals surface area contributed by atoms with Crippen molar-refractivity contribution >= 4 is 0 Å². The zero-order chi connectivity index (χ0) is 19.2. The molecule has 3 heteroatoms. The summed E-state index contributed by atoms with van der Waals surface area (Å²) >= 11 is 0. The lowest BCUT2D eigenvalue weighted by Gasteiger charge is -2.12. The fourth-order valence-corrected chi connectivity index (χ4v) is 3.23. The van der Waals surface area contributed by atoms with Crippen LogP contribution in [-0.2, 0) is 13.2 Å². The number of ether oxygens (including phenoxy) is 2. The Hall–Kier alpha value is -3.46. The van der Waals surface area contributed by atoms with Crippen LogP contribution < -0.4 is 9.47 Å². The second-order valence-electron chi connectivity index (χ2n) is 6.67. The lowest BCUT2D eigenvalue weighted by atomic mass is 10.1. The van der Waals surface area contributed by atoms with Crippen molar-refractivity contribution in [1.29, 1.82) is 0 Å². The number of benzene rings is 3. The molecule has 0 saturated heterocycles. The molecular formula is C25H23NO2. The van der Waals surface area contributed by atoms with Crippen molar-refractivity contribution in [3.63, 3.8) is 0 Å². The van der Waals surface area contributed by atoms with Crippen LogP contribution in [0.5, 0.6) is 11.5 Å². The minimum atomic E-state index is 0.581. The Morgan fingerprint density at radius 2 is 1.54 bits per heavy atom. The Kier molecular flexibility index (Phi) is 5.43. The Labute approximate surface area is 165 Å². The number of rotatable bonds is 7. The van der Waals surface area contributed by atoms with Crippen LogP contribution in [0, 0.1) is 0 Å². The molecule has 0 atom stereocenters. The third kappa shape index (κ3) is 4.26. The predicted octanol–water partition coefficient (Wildman–Crippen LogP) is 5.79. The molecule has 0 aliphatic carbocycles. The summed E-state index contributed by atoms with van der Waals surface area (Å²) in [7, 11) is 1.69. The van der Waals surface area contributed by atoms with Gasteiger partial charge in [0.15, 0.2) is 0 Å². The lowest BCUT2D eigenvalue weighted by molar-refractivity contribution is 0.306. The average molecular weight is 369 g/mol. The van der Waals surface area contributed by atoms with Crippen molar-refractivity contribution in [2.45, 2.75) is 13.2 Å². The molecule has 0 aliphatic rings. The molecule has 0 fully saturated rings. The van der Waals surface area contributed by atoms with E-state index in [1.165, 1.54) is 16.8 Å². The van der Waals surface area contributed by atoms with Crippen LogP contribution >= 0.6 is 0 Å². The maximum absolute atomic E-state index is 5.88. The molecule has 0 spiro atoms. The summed E-state index contributed by atoms with van der Waals surface area (Å²) in [6, 6.07) is 30.9. The number of hydrogen-bond donors (Lipinski definition) is 0. The predicted molar refractivity (Wildman–Crippen MR) is 113 cm³/mol. The normalized spacial score (nSPS) is 10.6. The first-order chi connectivity index (χ1) is 13.8. The second kappa shape index (κ2) is 8.49. The van der Waals surface area contributed by atoms with Crippen LogP contribution in [0.25, 0.3) is 11.3 Å². The number of nitrogens with zero attached hydrogens (tertiary/aromatic N) is 1. The summed E-state index contributed by atoms with van der Waals surface area (Å²) in [5.41, 5.74) is 4.71. The van der Waals surface area contributed by atoms with Gasteiger partial charge < -0.3 is 14.0 Å². The van der Waals surface area contributed by atoms with E-state index in [0.29, 0.717) is 6.61 Å². The Morgan fingerprint density at radius 3 is 2.32 bits per heavy atom. The van der Waals surface area contributed by atoms with Crippen LogP contribution in [0.2, 0.25) is 0 Å². The minimum Gasteiger partial charge on any atom is -0.497 e. The van der Waals surface area contributed by atoms with Crippen LogP contribution in [0.4, 0.5) is 0 Å². The molecule has 140 valence electrons. The van der Waals surface area contributed by atoms with Crippen LogP contribution in [0.1, 0.15) is 11.1 Å². The molecule has 0 N–H and O–H groups in total. The van der Waals surface area contributed by atoms with Crippen molar-refractivity contribution in [2.75, 3.05) is 7.11 Å².